The third kappa shape index (κ3) is 3.92. The molecule has 2 atom stereocenters. The summed E-state index contributed by atoms with van der Waals surface area (Å²) in [4.78, 5) is 27.1. The molecule has 28 heavy (non-hydrogen) atoms. The number of rotatable bonds is 5. The zero-order valence-electron chi connectivity index (χ0n) is 16.1. The maximum atomic E-state index is 13.2. The summed E-state index contributed by atoms with van der Waals surface area (Å²) in [5.41, 5.74) is 1.39. The molecule has 0 unspecified atom stereocenters. The lowest BCUT2D eigenvalue weighted by atomic mass is 9.84. The Morgan fingerprint density at radius 1 is 1.14 bits per heavy atom. The molecule has 1 fully saturated rings. The van der Waals surface area contributed by atoms with Crippen molar-refractivity contribution in [3.63, 3.8) is 0 Å². The highest BCUT2D eigenvalue weighted by Gasteiger charge is 2.39. The quantitative estimate of drug-likeness (QED) is 0.823. The number of methoxy groups -OCH3 is 2. The molecular formula is C21H23ClN2O4. The van der Waals surface area contributed by atoms with Gasteiger partial charge in [0.2, 0.25) is 11.8 Å². The number of carbonyl (C=O) groups excluding carboxylic acids is 2. The number of piperidine rings is 1. The monoisotopic (exact) mass is 402 g/mol. The zero-order valence-corrected chi connectivity index (χ0v) is 16.8. The van der Waals surface area contributed by atoms with Gasteiger partial charge in [0.15, 0.2) is 0 Å². The third-order valence-corrected chi connectivity index (χ3v) is 5.37. The molecule has 0 saturated carbocycles. The Kier molecular flexibility index (Phi) is 6.09. The molecule has 0 radical (unpaired) electrons. The molecule has 1 heterocycles. The van der Waals surface area contributed by atoms with Crippen LogP contribution in [0.2, 0.25) is 5.02 Å². The van der Waals surface area contributed by atoms with Crippen LogP contribution in [0.4, 0.5) is 5.69 Å². The number of likely N-dealkylation sites (tertiary alicyclic amines) is 1. The van der Waals surface area contributed by atoms with Crippen LogP contribution >= 0.6 is 11.6 Å². The number of nitrogens with zero attached hydrogens (tertiary/aromatic N) is 1. The summed E-state index contributed by atoms with van der Waals surface area (Å²) in [7, 11) is 4.76. The first-order valence-corrected chi connectivity index (χ1v) is 9.37. The summed E-state index contributed by atoms with van der Waals surface area (Å²) in [5, 5.41) is 3.29. The summed E-state index contributed by atoms with van der Waals surface area (Å²) in [6, 6.07) is 12.5. The summed E-state index contributed by atoms with van der Waals surface area (Å²) in [5.74, 6) is 0.360. The van der Waals surface area contributed by atoms with Gasteiger partial charge in [-0.15, -0.1) is 0 Å². The van der Waals surface area contributed by atoms with E-state index < -0.39 is 5.92 Å². The van der Waals surface area contributed by atoms with Gasteiger partial charge in [-0.3, -0.25) is 9.59 Å². The summed E-state index contributed by atoms with van der Waals surface area (Å²) in [6.45, 7) is 0. The Balaban J connectivity index is 1.90. The molecule has 0 spiro atoms. The van der Waals surface area contributed by atoms with E-state index in [4.69, 9.17) is 21.1 Å². The second-order valence-corrected chi connectivity index (χ2v) is 7.09. The number of ether oxygens (including phenoxy) is 2. The normalized spacial score (nSPS) is 19.3. The second-order valence-electron chi connectivity index (χ2n) is 6.68. The molecule has 3 rings (SSSR count). The number of carbonyl (C=O) groups is 2. The highest BCUT2D eigenvalue weighted by Crippen LogP contribution is 2.39. The zero-order chi connectivity index (χ0) is 20.3. The molecule has 2 aromatic rings. The van der Waals surface area contributed by atoms with Gasteiger partial charge in [-0.05, 0) is 18.1 Å². The lowest BCUT2D eigenvalue weighted by molar-refractivity contribution is -0.140. The predicted octanol–water partition coefficient (Wildman–Crippen LogP) is 3.91. The SMILES string of the molecule is COc1cc(OC)c(NC(=O)[C@H]2CCC(=O)N(C)[C@@H]2c2ccccc2)cc1Cl. The third-order valence-electron chi connectivity index (χ3n) is 5.07. The van der Waals surface area contributed by atoms with Gasteiger partial charge in [0.1, 0.15) is 11.5 Å². The molecule has 0 aromatic heterocycles. The number of anilines is 1. The smallest absolute Gasteiger partial charge is 0.230 e. The van der Waals surface area contributed by atoms with Crippen LogP contribution in [-0.2, 0) is 9.59 Å². The lowest BCUT2D eigenvalue weighted by Gasteiger charge is -2.38. The van der Waals surface area contributed by atoms with Gasteiger partial charge in [-0.1, -0.05) is 41.9 Å². The van der Waals surface area contributed by atoms with E-state index in [1.807, 2.05) is 30.3 Å². The van der Waals surface area contributed by atoms with Crippen molar-refractivity contribution in [1.82, 2.24) is 4.90 Å². The summed E-state index contributed by atoms with van der Waals surface area (Å²) >= 11 is 6.21. The van der Waals surface area contributed by atoms with E-state index in [9.17, 15) is 9.59 Å². The van der Waals surface area contributed by atoms with Crippen molar-refractivity contribution in [3.05, 3.63) is 53.1 Å². The van der Waals surface area contributed by atoms with Crippen molar-refractivity contribution in [2.45, 2.75) is 18.9 Å². The Hall–Kier alpha value is -2.73. The number of hydrogen-bond acceptors (Lipinski definition) is 4. The van der Waals surface area contributed by atoms with Crippen LogP contribution in [0.15, 0.2) is 42.5 Å². The topological polar surface area (TPSA) is 67.9 Å². The fraction of sp³-hybridized carbons (Fsp3) is 0.333. The maximum absolute atomic E-state index is 13.2. The highest BCUT2D eigenvalue weighted by atomic mass is 35.5. The first kappa shape index (κ1) is 20.0. The van der Waals surface area contributed by atoms with Crippen LogP contribution in [-0.4, -0.2) is 38.0 Å². The Morgan fingerprint density at radius 3 is 2.46 bits per heavy atom. The molecule has 2 amide bonds. The molecule has 1 saturated heterocycles. The molecule has 7 heteroatoms. The van der Waals surface area contributed by atoms with Gasteiger partial charge < -0.3 is 19.7 Å². The standard InChI is InChI=1S/C21H23ClN2O4/c1-24-19(25)10-9-14(20(24)13-7-5-4-6-8-13)21(26)23-16-11-15(22)17(27-2)12-18(16)28-3/h4-8,11-12,14,20H,9-10H2,1-3H3,(H,23,26)/t14-,20+/m0/s1. The number of amides is 2. The second kappa shape index (κ2) is 8.52. The molecule has 148 valence electrons. The van der Waals surface area contributed by atoms with E-state index in [2.05, 4.69) is 5.32 Å². The molecule has 0 bridgehead atoms. The van der Waals surface area contributed by atoms with Crippen molar-refractivity contribution in [2.24, 2.45) is 5.92 Å². The van der Waals surface area contributed by atoms with Gasteiger partial charge in [0.25, 0.3) is 0 Å². The molecule has 1 N–H and O–H groups in total. The molecule has 1 aliphatic heterocycles. The van der Waals surface area contributed by atoms with Crippen molar-refractivity contribution in [3.8, 4) is 11.5 Å². The summed E-state index contributed by atoms with van der Waals surface area (Å²) < 4.78 is 10.6. The number of benzene rings is 2. The van der Waals surface area contributed by atoms with Gasteiger partial charge in [0, 0.05) is 19.5 Å². The van der Waals surface area contributed by atoms with E-state index >= 15 is 0 Å². The molecule has 0 aliphatic carbocycles. The van der Waals surface area contributed by atoms with Gasteiger partial charge in [-0.25, -0.2) is 0 Å². The molecule has 2 aromatic carbocycles. The largest absolute Gasteiger partial charge is 0.495 e. The Morgan fingerprint density at radius 2 is 1.82 bits per heavy atom. The van der Waals surface area contributed by atoms with Crippen LogP contribution in [0.3, 0.4) is 0 Å². The van der Waals surface area contributed by atoms with Gasteiger partial charge in [-0.2, -0.15) is 0 Å². The minimum absolute atomic E-state index is 0.0305. The first-order chi connectivity index (χ1) is 13.5. The van der Waals surface area contributed by atoms with E-state index in [1.165, 1.54) is 14.2 Å². The van der Waals surface area contributed by atoms with E-state index in [-0.39, 0.29) is 17.9 Å². The molecule has 1 aliphatic rings. The first-order valence-electron chi connectivity index (χ1n) is 8.99. The fourth-order valence-corrected chi connectivity index (χ4v) is 3.84. The van der Waals surface area contributed by atoms with Gasteiger partial charge >= 0.3 is 0 Å². The van der Waals surface area contributed by atoms with Crippen molar-refractivity contribution in [2.75, 3.05) is 26.6 Å². The van der Waals surface area contributed by atoms with E-state index in [0.717, 1.165) is 5.56 Å². The average molecular weight is 403 g/mol. The van der Waals surface area contributed by atoms with Crippen LogP contribution in [0, 0.1) is 5.92 Å². The van der Waals surface area contributed by atoms with Crippen LogP contribution in [0.5, 0.6) is 11.5 Å². The summed E-state index contributed by atoms with van der Waals surface area (Å²) in [6.07, 6.45) is 0.805. The fourth-order valence-electron chi connectivity index (χ4n) is 3.60. The Bertz CT molecular complexity index is 872. The average Bonchev–Trinajstić information content (AvgIpc) is 2.70. The van der Waals surface area contributed by atoms with Crippen LogP contribution < -0.4 is 14.8 Å². The predicted molar refractivity (Wildman–Crippen MR) is 108 cm³/mol. The van der Waals surface area contributed by atoms with Crippen molar-refractivity contribution >= 4 is 29.1 Å². The minimum Gasteiger partial charge on any atom is -0.495 e. The maximum Gasteiger partial charge on any atom is 0.230 e. The van der Waals surface area contributed by atoms with Crippen molar-refractivity contribution in [1.29, 1.82) is 0 Å². The molecule has 6 nitrogen and oxygen atoms in total. The number of nitrogens with one attached hydrogen (secondary N) is 1. The number of hydrogen-bond donors (Lipinski definition) is 1. The van der Waals surface area contributed by atoms with Gasteiger partial charge in [0.05, 0.1) is 36.9 Å². The minimum atomic E-state index is -0.393. The number of halogens is 1. The lowest BCUT2D eigenvalue weighted by Crippen LogP contribution is -2.44. The van der Waals surface area contributed by atoms with E-state index in [0.29, 0.717) is 35.1 Å². The van der Waals surface area contributed by atoms with Crippen LogP contribution in [0.25, 0.3) is 0 Å². The van der Waals surface area contributed by atoms with Crippen molar-refractivity contribution < 1.29 is 19.1 Å². The van der Waals surface area contributed by atoms with Crippen LogP contribution in [0.1, 0.15) is 24.4 Å². The van der Waals surface area contributed by atoms with E-state index in [1.54, 1.807) is 24.1 Å². The highest BCUT2D eigenvalue weighted by molar-refractivity contribution is 6.32. The molecular weight excluding hydrogens is 380 g/mol. The Labute approximate surface area is 169 Å².